The van der Waals surface area contributed by atoms with E-state index in [1.807, 2.05) is 24.3 Å². The SMILES string of the molecule is O=C(NCCCC(=O)N1CSC[C@H]1C(=O)O)OCC1c2ccccc2-c2ccccc21. The van der Waals surface area contributed by atoms with Crippen molar-refractivity contribution >= 4 is 29.7 Å². The van der Waals surface area contributed by atoms with Gasteiger partial charge in [-0.05, 0) is 28.7 Å². The fourth-order valence-corrected chi connectivity index (χ4v) is 5.29. The molecule has 1 aliphatic carbocycles. The molecule has 0 radical (unpaired) electrons. The van der Waals surface area contributed by atoms with Crippen molar-refractivity contribution in [2.45, 2.75) is 24.8 Å². The number of benzene rings is 2. The molecule has 2 aliphatic rings. The first-order chi connectivity index (χ1) is 15.1. The maximum absolute atomic E-state index is 12.2. The summed E-state index contributed by atoms with van der Waals surface area (Å²) in [5.74, 6) is -0.364. The number of fused-ring (bicyclic) bond motifs is 3. The molecule has 2 aromatic carbocycles. The van der Waals surface area contributed by atoms with Gasteiger partial charge in [0.05, 0.1) is 5.88 Å². The third-order valence-electron chi connectivity index (χ3n) is 5.67. The molecule has 4 rings (SSSR count). The van der Waals surface area contributed by atoms with Gasteiger partial charge >= 0.3 is 12.1 Å². The Morgan fingerprint density at radius 3 is 2.35 bits per heavy atom. The van der Waals surface area contributed by atoms with Crippen molar-refractivity contribution in [2.24, 2.45) is 0 Å². The molecule has 31 heavy (non-hydrogen) atoms. The third kappa shape index (κ3) is 4.54. The van der Waals surface area contributed by atoms with Gasteiger partial charge in [-0.3, -0.25) is 4.79 Å². The summed E-state index contributed by atoms with van der Waals surface area (Å²) in [5, 5.41) is 11.8. The van der Waals surface area contributed by atoms with Crippen LogP contribution in [0.15, 0.2) is 48.5 Å². The van der Waals surface area contributed by atoms with E-state index in [0.717, 1.165) is 11.1 Å². The Hall–Kier alpha value is -3.00. The number of amides is 2. The number of aliphatic carboxylic acids is 1. The van der Waals surface area contributed by atoms with Crippen LogP contribution in [0.5, 0.6) is 0 Å². The van der Waals surface area contributed by atoms with Gasteiger partial charge in [0.1, 0.15) is 12.6 Å². The van der Waals surface area contributed by atoms with Gasteiger partial charge in [-0.15, -0.1) is 11.8 Å². The molecule has 0 aromatic heterocycles. The van der Waals surface area contributed by atoms with E-state index in [1.54, 1.807) is 0 Å². The maximum Gasteiger partial charge on any atom is 0.407 e. The van der Waals surface area contributed by atoms with Crippen molar-refractivity contribution in [3.8, 4) is 11.1 Å². The van der Waals surface area contributed by atoms with E-state index in [9.17, 15) is 14.4 Å². The van der Waals surface area contributed by atoms with Gasteiger partial charge in [-0.25, -0.2) is 9.59 Å². The van der Waals surface area contributed by atoms with Gasteiger partial charge < -0.3 is 20.1 Å². The molecule has 0 saturated carbocycles. The Balaban J connectivity index is 1.23. The predicted molar refractivity (Wildman–Crippen MR) is 118 cm³/mol. The van der Waals surface area contributed by atoms with Crippen LogP contribution in [-0.2, 0) is 14.3 Å². The summed E-state index contributed by atoms with van der Waals surface area (Å²) in [5.41, 5.74) is 4.65. The van der Waals surface area contributed by atoms with E-state index in [4.69, 9.17) is 9.84 Å². The molecule has 2 amide bonds. The highest BCUT2D eigenvalue weighted by molar-refractivity contribution is 7.99. The number of carbonyl (C=O) groups excluding carboxylic acids is 2. The lowest BCUT2D eigenvalue weighted by atomic mass is 9.98. The molecule has 2 N–H and O–H groups in total. The number of nitrogens with zero attached hydrogens (tertiary/aromatic N) is 1. The third-order valence-corrected chi connectivity index (χ3v) is 6.68. The number of ether oxygens (including phenoxy) is 1. The van der Waals surface area contributed by atoms with Crippen LogP contribution < -0.4 is 5.32 Å². The minimum atomic E-state index is -0.977. The van der Waals surface area contributed by atoms with Crippen molar-refractivity contribution < 1.29 is 24.2 Å². The second-order valence-corrected chi connectivity index (χ2v) is 8.57. The van der Waals surface area contributed by atoms with Gasteiger partial charge in [0, 0.05) is 24.6 Å². The molecular formula is C23H24N2O5S. The molecule has 1 heterocycles. The van der Waals surface area contributed by atoms with E-state index < -0.39 is 18.1 Å². The normalized spacial score (nSPS) is 17.2. The van der Waals surface area contributed by atoms with E-state index in [0.29, 0.717) is 24.6 Å². The van der Waals surface area contributed by atoms with Crippen molar-refractivity contribution in [1.82, 2.24) is 10.2 Å². The topological polar surface area (TPSA) is 95.9 Å². The van der Waals surface area contributed by atoms with Crippen LogP contribution in [0.25, 0.3) is 11.1 Å². The zero-order chi connectivity index (χ0) is 21.8. The van der Waals surface area contributed by atoms with E-state index in [2.05, 4.69) is 29.6 Å². The minimum absolute atomic E-state index is 0.000321. The quantitative estimate of drug-likeness (QED) is 0.642. The number of hydrogen-bond acceptors (Lipinski definition) is 5. The number of nitrogens with one attached hydrogen (secondary N) is 1. The Kier molecular flexibility index (Phi) is 6.46. The van der Waals surface area contributed by atoms with E-state index in [1.165, 1.54) is 27.8 Å². The molecule has 0 spiro atoms. The number of alkyl carbamates (subject to hydrolysis) is 1. The minimum Gasteiger partial charge on any atom is -0.480 e. The summed E-state index contributed by atoms with van der Waals surface area (Å²) >= 11 is 1.43. The van der Waals surface area contributed by atoms with Crippen LogP contribution in [0, 0.1) is 0 Å². The van der Waals surface area contributed by atoms with E-state index in [-0.39, 0.29) is 24.9 Å². The first-order valence-electron chi connectivity index (χ1n) is 10.2. The van der Waals surface area contributed by atoms with Gasteiger partial charge in [0.2, 0.25) is 5.91 Å². The summed E-state index contributed by atoms with van der Waals surface area (Å²) in [6.07, 6.45) is 0.0966. The predicted octanol–water partition coefficient (Wildman–Crippen LogP) is 3.29. The highest BCUT2D eigenvalue weighted by atomic mass is 32.2. The zero-order valence-electron chi connectivity index (χ0n) is 17.0. The Labute approximate surface area is 184 Å². The van der Waals surface area contributed by atoms with Crippen LogP contribution in [0.4, 0.5) is 4.79 Å². The number of carbonyl (C=O) groups is 3. The molecule has 0 unspecified atom stereocenters. The average molecular weight is 441 g/mol. The van der Waals surface area contributed by atoms with Crippen molar-refractivity contribution in [1.29, 1.82) is 0 Å². The number of hydrogen-bond donors (Lipinski definition) is 2. The van der Waals surface area contributed by atoms with Gasteiger partial charge in [-0.1, -0.05) is 48.5 Å². The lowest BCUT2D eigenvalue weighted by molar-refractivity contribution is -0.147. The highest BCUT2D eigenvalue weighted by Crippen LogP contribution is 2.44. The first kappa shape index (κ1) is 21.2. The Morgan fingerprint density at radius 2 is 1.71 bits per heavy atom. The van der Waals surface area contributed by atoms with Gasteiger partial charge in [0.15, 0.2) is 0 Å². The van der Waals surface area contributed by atoms with Crippen LogP contribution in [0.3, 0.4) is 0 Å². The molecule has 8 heteroatoms. The fraction of sp³-hybridized carbons (Fsp3) is 0.348. The molecule has 7 nitrogen and oxygen atoms in total. The largest absolute Gasteiger partial charge is 0.480 e. The zero-order valence-corrected chi connectivity index (χ0v) is 17.8. The second kappa shape index (κ2) is 9.43. The number of rotatable bonds is 7. The summed E-state index contributed by atoms with van der Waals surface area (Å²) < 4.78 is 5.47. The first-order valence-corrected chi connectivity index (χ1v) is 11.4. The molecule has 1 fully saturated rings. The number of carboxylic acid groups (broad SMARTS) is 1. The van der Waals surface area contributed by atoms with Crippen LogP contribution in [0.2, 0.25) is 0 Å². The number of carboxylic acids is 1. The maximum atomic E-state index is 12.2. The smallest absolute Gasteiger partial charge is 0.407 e. The van der Waals surface area contributed by atoms with Crippen LogP contribution >= 0.6 is 11.8 Å². The van der Waals surface area contributed by atoms with Crippen LogP contribution in [0.1, 0.15) is 29.9 Å². The van der Waals surface area contributed by atoms with E-state index >= 15 is 0 Å². The Bertz CT molecular complexity index is 950. The van der Waals surface area contributed by atoms with Crippen molar-refractivity contribution in [3.05, 3.63) is 59.7 Å². The molecule has 1 aliphatic heterocycles. The number of thioether (sulfide) groups is 1. The lowest BCUT2D eigenvalue weighted by Crippen LogP contribution is -2.41. The average Bonchev–Trinajstić information content (AvgIpc) is 3.39. The van der Waals surface area contributed by atoms with Crippen molar-refractivity contribution in [3.63, 3.8) is 0 Å². The standard InChI is InChI=1S/C23H24N2O5S/c26-21(25-14-31-13-20(25)22(27)28)10-5-11-24-23(29)30-12-19-17-8-3-1-6-15(17)16-7-2-4-9-18(16)19/h1-4,6-9,19-20H,5,10-14H2,(H,24,29)(H,27,28)/t20-/m0/s1. The van der Waals surface area contributed by atoms with Gasteiger partial charge in [-0.2, -0.15) is 0 Å². The summed E-state index contributed by atoms with van der Waals surface area (Å²) in [7, 11) is 0. The monoisotopic (exact) mass is 440 g/mol. The molecular weight excluding hydrogens is 416 g/mol. The summed E-state index contributed by atoms with van der Waals surface area (Å²) in [4.78, 5) is 37.0. The molecule has 162 valence electrons. The Morgan fingerprint density at radius 1 is 1.06 bits per heavy atom. The molecule has 2 aromatic rings. The van der Waals surface area contributed by atoms with Crippen molar-refractivity contribution in [2.75, 3.05) is 24.8 Å². The molecule has 1 atom stereocenters. The molecule has 0 bridgehead atoms. The lowest BCUT2D eigenvalue weighted by Gasteiger charge is -2.20. The fourth-order valence-electron chi connectivity index (χ4n) is 4.12. The summed E-state index contributed by atoms with van der Waals surface area (Å²) in [6.45, 7) is 0.533. The second-order valence-electron chi connectivity index (χ2n) is 7.57. The van der Waals surface area contributed by atoms with Crippen LogP contribution in [-0.4, -0.2) is 58.8 Å². The van der Waals surface area contributed by atoms with Gasteiger partial charge in [0.25, 0.3) is 0 Å². The summed E-state index contributed by atoms with van der Waals surface area (Å²) in [6, 6.07) is 15.5. The molecule has 1 saturated heterocycles. The highest BCUT2D eigenvalue weighted by Gasteiger charge is 2.34.